The van der Waals surface area contributed by atoms with E-state index in [0.717, 1.165) is 10.0 Å². The fraction of sp³-hybridized carbons (Fsp3) is 0.154. The van der Waals surface area contributed by atoms with Crippen LogP contribution in [0.1, 0.15) is 5.56 Å². The average molecular weight is 329 g/mol. The molecule has 3 nitrogen and oxygen atoms in total. The quantitative estimate of drug-likeness (QED) is 0.824. The molecule has 0 radical (unpaired) electrons. The third kappa shape index (κ3) is 2.94. The van der Waals surface area contributed by atoms with E-state index in [9.17, 15) is 0 Å². The van der Waals surface area contributed by atoms with Gasteiger partial charge in [-0.15, -0.1) is 0 Å². The van der Waals surface area contributed by atoms with E-state index in [1.807, 2.05) is 19.1 Å². The van der Waals surface area contributed by atoms with E-state index in [1.54, 1.807) is 25.3 Å². The van der Waals surface area contributed by atoms with Gasteiger partial charge in [0.25, 0.3) is 0 Å². The summed E-state index contributed by atoms with van der Waals surface area (Å²) in [6.45, 7) is 1.95. The predicted molar refractivity (Wildman–Crippen MR) is 74.8 cm³/mol. The fourth-order valence-corrected chi connectivity index (χ4v) is 1.93. The molecule has 94 valence electrons. The summed E-state index contributed by atoms with van der Waals surface area (Å²) in [5.74, 6) is 1.61. The molecule has 0 spiro atoms. The Morgan fingerprint density at radius 1 is 1.22 bits per heavy atom. The molecule has 18 heavy (non-hydrogen) atoms. The van der Waals surface area contributed by atoms with Gasteiger partial charge >= 0.3 is 0 Å². The molecule has 5 heteroatoms. The number of aromatic nitrogens is 1. The maximum atomic E-state index is 6.07. The molecule has 0 aliphatic heterocycles. The lowest BCUT2D eigenvalue weighted by Gasteiger charge is -2.08. The highest BCUT2D eigenvalue weighted by Crippen LogP contribution is 2.32. The number of methoxy groups -OCH3 is 1. The van der Waals surface area contributed by atoms with Gasteiger partial charge in [-0.25, -0.2) is 0 Å². The molecule has 1 heterocycles. The number of halogens is 2. The largest absolute Gasteiger partial charge is 0.481 e. The third-order valence-corrected chi connectivity index (χ3v) is 3.89. The van der Waals surface area contributed by atoms with E-state index in [0.29, 0.717) is 22.5 Å². The molecule has 2 rings (SSSR count). The Labute approximate surface area is 119 Å². The number of benzene rings is 1. The van der Waals surface area contributed by atoms with Crippen molar-refractivity contribution in [1.29, 1.82) is 0 Å². The highest BCUT2D eigenvalue weighted by atomic mass is 79.9. The van der Waals surface area contributed by atoms with Crippen LogP contribution in [0.25, 0.3) is 0 Å². The normalized spacial score (nSPS) is 10.2. The zero-order chi connectivity index (χ0) is 13.1. The van der Waals surface area contributed by atoms with Gasteiger partial charge in [-0.1, -0.05) is 17.7 Å². The molecule has 0 amide bonds. The molecular formula is C13H11BrClNO2. The van der Waals surface area contributed by atoms with Gasteiger partial charge in [0.05, 0.1) is 12.1 Å². The van der Waals surface area contributed by atoms with Crippen molar-refractivity contribution in [2.45, 2.75) is 6.92 Å². The second-order valence-electron chi connectivity index (χ2n) is 3.66. The van der Waals surface area contributed by atoms with Crippen molar-refractivity contribution >= 4 is 27.5 Å². The first-order valence-corrected chi connectivity index (χ1v) is 6.42. The van der Waals surface area contributed by atoms with Crippen molar-refractivity contribution in [3.63, 3.8) is 0 Å². The van der Waals surface area contributed by atoms with Crippen LogP contribution in [0.15, 0.2) is 34.8 Å². The van der Waals surface area contributed by atoms with Crippen molar-refractivity contribution in [3.05, 3.63) is 45.4 Å². The van der Waals surface area contributed by atoms with E-state index in [1.165, 1.54) is 0 Å². The second kappa shape index (κ2) is 5.59. The first kappa shape index (κ1) is 13.2. The lowest BCUT2D eigenvalue weighted by atomic mass is 10.2. The van der Waals surface area contributed by atoms with Crippen molar-refractivity contribution in [1.82, 2.24) is 4.98 Å². The van der Waals surface area contributed by atoms with E-state index in [4.69, 9.17) is 21.1 Å². The maximum absolute atomic E-state index is 6.07. The summed E-state index contributed by atoms with van der Waals surface area (Å²) in [5, 5.41) is 0.605. The monoisotopic (exact) mass is 327 g/mol. The average Bonchev–Trinajstić information content (AvgIpc) is 2.36. The first-order chi connectivity index (χ1) is 8.60. The molecule has 0 unspecified atom stereocenters. The summed E-state index contributed by atoms with van der Waals surface area (Å²) in [7, 11) is 1.56. The van der Waals surface area contributed by atoms with Crippen molar-refractivity contribution in [2.75, 3.05) is 7.11 Å². The minimum Gasteiger partial charge on any atom is -0.481 e. The van der Waals surface area contributed by atoms with Gasteiger partial charge in [0.15, 0.2) is 0 Å². The minimum absolute atomic E-state index is 0.465. The molecular weight excluding hydrogens is 318 g/mol. The number of hydrogen-bond donors (Lipinski definition) is 0. The summed E-state index contributed by atoms with van der Waals surface area (Å²) in [6, 6.07) is 8.95. The zero-order valence-electron chi connectivity index (χ0n) is 9.91. The molecule has 0 saturated carbocycles. The molecule has 2 aromatic rings. The molecule has 0 saturated heterocycles. The molecule has 0 fully saturated rings. The van der Waals surface area contributed by atoms with Crippen molar-refractivity contribution in [3.8, 4) is 17.5 Å². The summed E-state index contributed by atoms with van der Waals surface area (Å²) >= 11 is 9.47. The third-order valence-electron chi connectivity index (χ3n) is 2.31. The Morgan fingerprint density at radius 3 is 2.61 bits per heavy atom. The van der Waals surface area contributed by atoms with E-state index < -0.39 is 0 Å². The number of nitrogens with zero attached hydrogens (tertiary/aromatic N) is 1. The lowest BCUT2D eigenvalue weighted by molar-refractivity contribution is 0.383. The van der Waals surface area contributed by atoms with Crippen LogP contribution in [-0.2, 0) is 0 Å². The molecule has 0 bridgehead atoms. The lowest BCUT2D eigenvalue weighted by Crippen LogP contribution is -1.92. The number of rotatable bonds is 3. The summed E-state index contributed by atoms with van der Waals surface area (Å²) in [6.07, 6.45) is 0. The standard InChI is InChI=1S/C13H11BrClNO2/c1-8-6-9(7-10(15)13(8)14)18-12-5-3-4-11(16-12)17-2/h3-7H,1-2H3. The molecule has 1 aromatic heterocycles. The smallest absolute Gasteiger partial charge is 0.222 e. The van der Waals surface area contributed by atoms with Crippen molar-refractivity contribution in [2.24, 2.45) is 0 Å². The van der Waals surface area contributed by atoms with E-state index in [-0.39, 0.29) is 0 Å². The Balaban J connectivity index is 2.28. The Hall–Kier alpha value is -1.26. The van der Waals surface area contributed by atoms with Gasteiger partial charge in [0.2, 0.25) is 11.8 Å². The summed E-state index contributed by atoms with van der Waals surface area (Å²) in [5.41, 5.74) is 1.00. The summed E-state index contributed by atoms with van der Waals surface area (Å²) in [4.78, 5) is 4.17. The van der Waals surface area contributed by atoms with Crippen LogP contribution in [0.2, 0.25) is 5.02 Å². The molecule has 0 atom stereocenters. The molecule has 0 aliphatic rings. The highest BCUT2D eigenvalue weighted by Gasteiger charge is 2.06. The second-order valence-corrected chi connectivity index (χ2v) is 4.86. The number of ether oxygens (including phenoxy) is 2. The number of hydrogen-bond acceptors (Lipinski definition) is 3. The van der Waals surface area contributed by atoms with Crippen LogP contribution < -0.4 is 9.47 Å². The number of aryl methyl sites for hydroxylation is 1. The van der Waals surface area contributed by atoms with Gasteiger partial charge in [-0.05, 0) is 34.5 Å². The minimum atomic E-state index is 0.465. The van der Waals surface area contributed by atoms with Gasteiger partial charge in [-0.2, -0.15) is 4.98 Å². The van der Waals surface area contributed by atoms with Gasteiger partial charge in [0.1, 0.15) is 5.75 Å². The van der Waals surface area contributed by atoms with Gasteiger partial charge < -0.3 is 9.47 Å². The van der Waals surface area contributed by atoms with Crippen LogP contribution in [0.3, 0.4) is 0 Å². The van der Waals surface area contributed by atoms with Gasteiger partial charge in [0, 0.05) is 22.7 Å². The van der Waals surface area contributed by atoms with Crippen LogP contribution in [-0.4, -0.2) is 12.1 Å². The van der Waals surface area contributed by atoms with Crippen LogP contribution in [0.5, 0.6) is 17.5 Å². The van der Waals surface area contributed by atoms with Crippen LogP contribution >= 0.6 is 27.5 Å². The Kier molecular flexibility index (Phi) is 4.09. The fourth-order valence-electron chi connectivity index (χ4n) is 1.44. The topological polar surface area (TPSA) is 31.4 Å². The SMILES string of the molecule is COc1cccc(Oc2cc(C)c(Br)c(Cl)c2)n1. The van der Waals surface area contributed by atoms with E-state index in [2.05, 4.69) is 20.9 Å². The predicted octanol–water partition coefficient (Wildman–Crippen LogP) is 4.61. The Bertz CT molecular complexity index is 552. The summed E-state index contributed by atoms with van der Waals surface area (Å²) < 4.78 is 11.5. The van der Waals surface area contributed by atoms with Crippen LogP contribution in [0, 0.1) is 6.92 Å². The van der Waals surface area contributed by atoms with Crippen molar-refractivity contribution < 1.29 is 9.47 Å². The van der Waals surface area contributed by atoms with E-state index >= 15 is 0 Å². The van der Waals surface area contributed by atoms with Gasteiger partial charge in [-0.3, -0.25) is 0 Å². The first-order valence-electron chi connectivity index (χ1n) is 5.24. The zero-order valence-corrected chi connectivity index (χ0v) is 12.2. The Morgan fingerprint density at radius 2 is 1.94 bits per heavy atom. The highest BCUT2D eigenvalue weighted by molar-refractivity contribution is 9.10. The molecule has 0 N–H and O–H groups in total. The molecule has 1 aromatic carbocycles. The maximum Gasteiger partial charge on any atom is 0.222 e. The number of pyridine rings is 1. The molecule has 0 aliphatic carbocycles. The van der Waals surface area contributed by atoms with Crippen LogP contribution in [0.4, 0.5) is 0 Å².